The van der Waals surface area contributed by atoms with Crippen LogP contribution in [0, 0.1) is 0 Å². The van der Waals surface area contributed by atoms with Crippen molar-refractivity contribution in [3.8, 4) is 5.75 Å². The monoisotopic (exact) mass is 333 g/mol. The van der Waals surface area contributed by atoms with Crippen LogP contribution in [0.25, 0.3) is 0 Å². The normalized spacial score (nSPS) is 16.1. The third-order valence-corrected chi connectivity index (χ3v) is 5.61. The molecule has 1 saturated heterocycles. The van der Waals surface area contributed by atoms with Crippen molar-refractivity contribution in [2.24, 2.45) is 0 Å². The summed E-state index contributed by atoms with van der Waals surface area (Å²) in [7, 11) is -3.77. The number of halogens is 1. The van der Waals surface area contributed by atoms with Crippen LogP contribution < -0.4 is 4.74 Å². The largest absolute Gasteiger partial charge is 0.493 e. The molecule has 0 aromatic heterocycles. The van der Waals surface area contributed by atoms with Crippen LogP contribution in [0.15, 0.2) is 17.0 Å². The zero-order chi connectivity index (χ0) is 15.6. The van der Waals surface area contributed by atoms with Crippen LogP contribution in [0.5, 0.6) is 5.75 Å². The second-order valence-electron chi connectivity index (χ2n) is 4.63. The number of hydrogen-bond donors (Lipinski definition) is 1. The number of carboxylic acid groups (broad SMARTS) is 1. The number of carbonyl (C=O) groups is 1. The Hall–Kier alpha value is -1.31. The van der Waals surface area contributed by atoms with Gasteiger partial charge in [-0.2, -0.15) is 4.31 Å². The summed E-state index contributed by atoms with van der Waals surface area (Å²) >= 11 is 6.03. The van der Waals surface area contributed by atoms with Crippen LogP contribution in [0.3, 0.4) is 0 Å². The van der Waals surface area contributed by atoms with Crippen LogP contribution in [-0.4, -0.2) is 43.5 Å². The molecule has 1 aliphatic rings. The van der Waals surface area contributed by atoms with E-state index in [1.807, 2.05) is 0 Å². The van der Waals surface area contributed by atoms with Gasteiger partial charge in [0.2, 0.25) is 10.0 Å². The summed E-state index contributed by atoms with van der Waals surface area (Å²) in [5, 5.41) is 9.18. The molecule has 1 N–H and O–H groups in total. The first-order chi connectivity index (χ1) is 9.87. The lowest BCUT2D eigenvalue weighted by Gasteiger charge is -2.18. The van der Waals surface area contributed by atoms with Gasteiger partial charge in [-0.25, -0.2) is 13.2 Å². The Morgan fingerprint density at radius 2 is 2.00 bits per heavy atom. The second kappa shape index (κ2) is 6.21. The number of sulfonamides is 1. The first-order valence-electron chi connectivity index (χ1n) is 6.57. The molecule has 0 radical (unpaired) electrons. The van der Waals surface area contributed by atoms with Gasteiger partial charge in [-0.15, -0.1) is 0 Å². The highest BCUT2D eigenvalue weighted by Crippen LogP contribution is 2.33. The Morgan fingerprint density at radius 1 is 1.38 bits per heavy atom. The zero-order valence-electron chi connectivity index (χ0n) is 11.5. The molecule has 0 saturated carbocycles. The molecule has 1 aromatic carbocycles. The van der Waals surface area contributed by atoms with E-state index in [-0.39, 0.29) is 27.8 Å². The van der Waals surface area contributed by atoms with E-state index in [1.165, 1.54) is 10.4 Å². The Kier molecular flexibility index (Phi) is 4.75. The summed E-state index contributed by atoms with van der Waals surface area (Å²) in [6.45, 7) is 2.81. The molecule has 21 heavy (non-hydrogen) atoms. The lowest BCUT2D eigenvalue weighted by Crippen LogP contribution is -2.28. The maximum Gasteiger partial charge on any atom is 0.339 e. The molecule has 0 spiro atoms. The molecule has 1 fully saturated rings. The van der Waals surface area contributed by atoms with Crippen LogP contribution in [0.1, 0.15) is 30.1 Å². The fourth-order valence-electron chi connectivity index (χ4n) is 2.24. The van der Waals surface area contributed by atoms with E-state index < -0.39 is 16.0 Å². The van der Waals surface area contributed by atoms with E-state index in [9.17, 15) is 18.3 Å². The first-order valence-corrected chi connectivity index (χ1v) is 8.39. The van der Waals surface area contributed by atoms with Crippen LogP contribution in [-0.2, 0) is 10.0 Å². The Morgan fingerprint density at radius 3 is 2.52 bits per heavy atom. The zero-order valence-corrected chi connectivity index (χ0v) is 13.1. The summed E-state index contributed by atoms with van der Waals surface area (Å²) in [5.74, 6) is -1.19. The smallest absolute Gasteiger partial charge is 0.339 e. The van der Waals surface area contributed by atoms with Crippen molar-refractivity contribution < 1.29 is 23.1 Å². The molecule has 1 aliphatic heterocycles. The van der Waals surface area contributed by atoms with Gasteiger partial charge in [0.1, 0.15) is 16.2 Å². The number of hydrogen-bond acceptors (Lipinski definition) is 4. The fourth-order valence-corrected chi connectivity index (χ4v) is 4.28. The molecule has 6 nitrogen and oxygen atoms in total. The highest BCUT2D eigenvalue weighted by molar-refractivity contribution is 7.89. The average Bonchev–Trinajstić information content (AvgIpc) is 2.93. The van der Waals surface area contributed by atoms with Crippen LogP contribution in [0.2, 0.25) is 5.02 Å². The van der Waals surface area contributed by atoms with Gasteiger partial charge >= 0.3 is 5.97 Å². The molecule has 2 rings (SSSR count). The van der Waals surface area contributed by atoms with Gasteiger partial charge in [-0.3, -0.25) is 0 Å². The minimum atomic E-state index is -3.77. The lowest BCUT2D eigenvalue weighted by atomic mass is 10.2. The van der Waals surface area contributed by atoms with Gasteiger partial charge in [-0.05, 0) is 25.8 Å². The minimum Gasteiger partial charge on any atom is -0.493 e. The summed E-state index contributed by atoms with van der Waals surface area (Å²) in [6.07, 6.45) is 1.58. The highest BCUT2D eigenvalue weighted by atomic mass is 35.5. The maximum atomic E-state index is 12.5. The van der Waals surface area contributed by atoms with Crippen molar-refractivity contribution >= 4 is 27.6 Å². The Balaban J connectivity index is 2.54. The quantitative estimate of drug-likeness (QED) is 0.893. The van der Waals surface area contributed by atoms with Gasteiger partial charge in [0.25, 0.3) is 0 Å². The summed E-state index contributed by atoms with van der Waals surface area (Å²) in [6, 6.07) is 2.32. The molecular weight excluding hydrogens is 318 g/mol. The maximum absolute atomic E-state index is 12.5. The van der Waals surface area contributed by atoms with Gasteiger partial charge in [0, 0.05) is 19.2 Å². The molecule has 0 atom stereocenters. The first kappa shape index (κ1) is 16.1. The molecule has 0 amide bonds. The SMILES string of the molecule is CCOc1cc(Cl)c(S(=O)(=O)N2CCCC2)cc1C(=O)O. The number of benzene rings is 1. The minimum absolute atomic E-state index is 0.0321. The van der Waals surface area contributed by atoms with E-state index in [2.05, 4.69) is 0 Å². The summed E-state index contributed by atoms with van der Waals surface area (Å²) in [4.78, 5) is 11.1. The molecule has 116 valence electrons. The van der Waals surface area contributed by atoms with Gasteiger partial charge < -0.3 is 9.84 Å². The average molecular weight is 334 g/mol. The number of nitrogens with zero attached hydrogens (tertiary/aromatic N) is 1. The predicted molar refractivity (Wildman–Crippen MR) is 77.6 cm³/mol. The third-order valence-electron chi connectivity index (χ3n) is 3.25. The van der Waals surface area contributed by atoms with Crippen molar-refractivity contribution in [3.05, 3.63) is 22.7 Å². The Bertz CT molecular complexity index is 653. The van der Waals surface area contributed by atoms with Crippen molar-refractivity contribution in [2.75, 3.05) is 19.7 Å². The van der Waals surface area contributed by atoms with Crippen LogP contribution >= 0.6 is 11.6 Å². The van der Waals surface area contributed by atoms with Crippen molar-refractivity contribution in [2.45, 2.75) is 24.7 Å². The molecule has 1 heterocycles. The standard InChI is InChI=1S/C13H16ClNO5S/c1-2-20-11-8-10(14)12(7-9(11)13(16)17)21(18,19)15-5-3-4-6-15/h7-8H,2-6H2,1H3,(H,16,17). The number of aromatic carboxylic acids is 1. The molecule has 8 heteroatoms. The third kappa shape index (κ3) is 3.14. The molecule has 0 aliphatic carbocycles. The van der Waals surface area contributed by atoms with Gasteiger partial charge in [0.05, 0.1) is 11.6 Å². The molecule has 0 bridgehead atoms. The van der Waals surface area contributed by atoms with Gasteiger partial charge in [0.15, 0.2) is 0 Å². The molecule has 0 unspecified atom stereocenters. The van der Waals surface area contributed by atoms with Crippen LogP contribution in [0.4, 0.5) is 0 Å². The predicted octanol–water partition coefficient (Wildman–Crippen LogP) is 2.22. The second-order valence-corrected chi connectivity index (χ2v) is 6.94. The Labute approximate surface area is 128 Å². The number of ether oxygens (including phenoxy) is 1. The summed E-state index contributed by atoms with van der Waals surface area (Å²) in [5.41, 5.74) is -0.209. The van der Waals surface area contributed by atoms with E-state index in [1.54, 1.807) is 6.92 Å². The lowest BCUT2D eigenvalue weighted by molar-refractivity contribution is 0.0692. The van der Waals surface area contributed by atoms with Crippen molar-refractivity contribution in [1.29, 1.82) is 0 Å². The summed E-state index contributed by atoms with van der Waals surface area (Å²) < 4.78 is 31.5. The van der Waals surface area contributed by atoms with E-state index >= 15 is 0 Å². The van der Waals surface area contributed by atoms with Crippen molar-refractivity contribution in [3.63, 3.8) is 0 Å². The van der Waals surface area contributed by atoms with E-state index in [0.717, 1.165) is 18.9 Å². The molecule has 1 aromatic rings. The van der Waals surface area contributed by atoms with E-state index in [0.29, 0.717) is 13.1 Å². The molecular formula is C13H16ClNO5S. The van der Waals surface area contributed by atoms with E-state index in [4.69, 9.17) is 16.3 Å². The highest BCUT2D eigenvalue weighted by Gasteiger charge is 2.31. The number of rotatable bonds is 5. The number of carboxylic acids is 1. The van der Waals surface area contributed by atoms with Gasteiger partial charge in [-0.1, -0.05) is 11.6 Å². The topological polar surface area (TPSA) is 83.9 Å². The fraction of sp³-hybridized carbons (Fsp3) is 0.462. The van der Waals surface area contributed by atoms with Crippen molar-refractivity contribution in [1.82, 2.24) is 4.31 Å².